The van der Waals surface area contributed by atoms with E-state index in [0.717, 1.165) is 31.4 Å². The molecule has 156 valence electrons. The zero-order chi connectivity index (χ0) is 21.6. The van der Waals surface area contributed by atoms with Crippen LogP contribution in [0.1, 0.15) is 36.8 Å². The van der Waals surface area contributed by atoms with E-state index >= 15 is 0 Å². The van der Waals surface area contributed by atoms with E-state index in [-0.39, 0.29) is 17.8 Å². The van der Waals surface area contributed by atoms with Crippen molar-refractivity contribution < 1.29 is 18.0 Å². The number of urea groups is 1. The summed E-state index contributed by atoms with van der Waals surface area (Å²) in [6.07, 6.45) is -1.52. The highest BCUT2D eigenvalue weighted by Crippen LogP contribution is 2.42. The lowest BCUT2D eigenvalue weighted by molar-refractivity contribution is -0.137. The van der Waals surface area contributed by atoms with Gasteiger partial charge in [0.05, 0.1) is 29.3 Å². The second-order valence-corrected chi connectivity index (χ2v) is 8.28. The average Bonchev–Trinajstić information content (AvgIpc) is 2.98. The van der Waals surface area contributed by atoms with E-state index in [1.54, 1.807) is 29.2 Å². The van der Waals surface area contributed by atoms with Crippen molar-refractivity contribution in [3.05, 3.63) is 57.6 Å². The van der Waals surface area contributed by atoms with Crippen LogP contribution in [-0.4, -0.2) is 18.1 Å². The molecule has 9 heteroatoms. The quantitative estimate of drug-likeness (QED) is 0.511. The molecular weight excluding hydrogens is 438 g/mol. The van der Waals surface area contributed by atoms with Gasteiger partial charge in [-0.3, -0.25) is 9.80 Å². The molecule has 2 amide bonds. The molecular formula is C21H16Cl2F3N3O. The van der Waals surface area contributed by atoms with Gasteiger partial charge in [0, 0.05) is 21.4 Å². The maximum Gasteiger partial charge on any atom is 0.417 e. The van der Waals surface area contributed by atoms with Gasteiger partial charge in [-0.1, -0.05) is 36.0 Å². The molecule has 30 heavy (non-hydrogen) atoms. The maximum absolute atomic E-state index is 13.5. The van der Waals surface area contributed by atoms with Gasteiger partial charge in [-0.2, -0.15) is 18.4 Å². The van der Waals surface area contributed by atoms with Gasteiger partial charge in [-0.05, 0) is 49.2 Å². The summed E-state index contributed by atoms with van der Waals surface area (Å²) >= 11 is 12.2. The van der Waals surface area contributed by atoms with Crippen molar-refractivity contribution in [2.24, 2.45) is 0 Å². The van der Waals surface area contributed by atoms with Crippen molar-refractivity contribution >= 4 is 40.6 Å². The van der Waals surface area contributed by atoms with Gasteiger partial charge in [-0.15, -0.1) is 0 Å². The topological polar surface area (TPSA) is 47.3 Å². The van der Waals surface area contributed by atoms with Crippen LogP contribution in [0.25, 0.3) is 0 Å². The third-order valence-corrected chi connectivity index (χ3v) is 6.04. The molecule has 4 rings (SSSR count). The van der Waals surface area contributed by atoms with Crippen LogP contribution in [0.4, 0.5) is 29.3 Å². The second-order valence-electron chi connectivity index (χ2n) is 7.41. The van der Waals surface area contributed by atoms with Crippen LogP contribution < -0.4 is 9.80 Å². The molecule has 0 unspecified atom stereocenters. The van der Waals surface area contributed by atoms with Gasteiger partial charge in [0.1, 0.15) is 0 Å². The minimum atomic E-state index is -4.70. The zero-order valence-electron chi connectivity index (χ0n) is 15.6. The summed E-state index contributed by atoms with van der Waals surface area (Å²) in [7, 11) is 0. The fraction of sp³-hybridized carbons (Fsp3) is 0.333. The van der Waals surface area contributed by atoms with Crippen LogP contribution in [0.2, 0.25) is 10.0 Å². The molecule has 0 radical (unpaired) electrons. The number of benzene rings is 2. The predicted molar refractivity (Wildman–Crippen MR) is 109 cm³/mol. The zero-order valence-corrected chi connectivity index (χ0v) is 17.1. The molecule has 0 N–H and O–H groups in total. The van der Waals surface area contributed by atoms with Crippen LogP contribution in [0.5, 0.6) is 0 Å². The van der Waals surface area contributed by atoms with Gasteiger partial charge in [-0.25, -0.2) is 4.79 Å². The number of anilines is 2. The van der Waals surface area contributed by atoms with Gasteiger partial charge in [0.25, 0.3) is 0 Å². The third kappa shape index (κ3) is 3.59. The van der Waals surface area contributed by atoms with E-state index in [4.69, 9.17) is 28.5 Å². The lowest BCUT2D eigenvalue weighted by Gasteiger charge is -2.32. The lowest BCUT2D eigenvalue weighted by atomic mass is 9.89. The molecule has 2 atom stereocenters. The number of hydrogen-bond donors (Lipinski definition) is 0. The van der Waals surface area contributed by atoms with Gasteiger partial charge >= 0.3 is 12.2 Å². The van der Waals surface area contributed by atoms with E-state index in [9.17, 15) is 18.0 Å². The standard InChI is InChI=1S/C21H16Cl2F3N3O/c22-13-7-14(23)9-16(8-13)29-19-4-2-1-3-18(19)28(20(29)30)15-6-5-12(11-27)17(10-15)21(24,25)26/h5-10,18-19H,1-4H2/t18-,19-/m0/s1. The van der Waals surface area contributed by atoms with Gasteiger partial charge in [0.2, 0.25) is 0 Å². The number of hydrogen-bond acceptors (Lipinski definition) is 2. The fourth-order valence-electron chi connectivity index (χ4n) is 4.39. The number of amides is 2. The Hall–Kier alpha value is -2.43. The Morgan fingerprint density at radius 2 is 1.50 bits per heavy atom. The second kappa shape index (κ2) is 7.68. The normalized spacial score (nSPS) is 21.5. The average molecular weight is 454 g/mol. The molecule has 1 aliphatic heterocycles. The van der Waals surface area contributed by atoms with Crippen molar-refractivity contribution in [1.29, 1.82) is 5.26 Å². The first-order valence-electron chi connectivity index (χ1n) is 9.40. The van der Waals surface area contributed by atoms with Crippen LogP contribution in [-0.2, 0) is 6.18 Å². The third-order valence-electron chi connectivity index (χ3n) is 5.60. The van der Waals surface area contributed by atoms with Gasteiger partial charge in [0.15, 0.2) is 0 Å². The Morgan fingerprint density at radius 1 is 0.933 bits per heavy atom. The lowest BCUT2D eigenvalue weighted by Crippen LogP contribution is -2.40. The highest BCUT2D eigenvalue weighted by molar-refractivity contribution is 6.35. The van der Waals surface area contributed by atoms with E-state index in [1.807, 2.05) is 0 Å². The number of halogens is 5. The van der Waals surface area contributed by atoms with E-state index in [2.05, 4.69) is 0 Å². The van der Waals surface area contributed by atoms with E-state index < -0.39 is 23.3 Å². The highest BCUT2D eigenvalue weighted by atomic mass is 35.5. The molecule has 4 nitrogen and oxygen atoms in total. The van der Waals surface area contributed by atoms with Crippen molar-refractivity contribution in [1.82, 2.24) is 0 Å². The monoisotopic (exact) mass is 453 g/mol. The minimum Gasteiger partial charge on any atom is -0.289 e. The molecule has 0 bridgehead atoms. The first-order valence-corrected chi connectivity index (χ1v) is 10.2. The van der Waals surface area contributed by atoms with E-state index in [1.165, 1.54) is 11.0 Å². The minimum absolute atomic E-state index is 0.124. The molecule has 1 aliphatic carbocycles. The SMILES string of the molecule is N#Cc1ccc(N2C(=O)N(c3cc(Cl)cc(Cl)c3)[C@H]3CCCC[C@@H]32)cc1C(F)(F)F. The van der Waals surface area contributed by atoms with Crippen LogP contribution in [0, 0.1) is 11.3 Å². The Morgan fingerprint density at radius 3 is 2.03 bits per heavy atom. The summed E-state index contributed by atoms with van der Waals surface area (Å²) < 4.78 is 40.4. The molecule has 0 aromatic heterocycles. The van der Waals surface area contributed by atoms with E-state index in [0.29, 0.717) is 22.2 Å². The first-order chi connectivity index (χ1) is 14.2. The van der Waals surface area contributed by atoms with Crippen LogP contribution >= 0.6 is 23.2 Å². The number of nitrogens with zero attached hydrogens (tertiary/aromatic N) is 3. The van der Waals surface area contributed by atoms with Crippen molar-refractivity contribution in [2.75, 3.05) is 9.80 Å². The van der Waals surface area contributed by atoms with Crippen LogP contribution in [0.3, 0.4) is 0 Å². The number of rotatable bonds is 2. The highest BCUT2D eigenvalue weighted by Gasteiger charge is 2.48. The first kappa shape index (κ1) is 20.8. The molecule has 2 aromatic rings. The molecule has 2 aromatic carbocycles. The molecule has 0 spiro atoms. The molecule has 1 heterocycles. The Balaban J connectivity index is 1.81. The number of nitriles is 1. The fourth-order valence-corrected chi connectivity index (χ4v) is 4.90. The van der Waals surface area contributed by atoms with Crippen molar-refractivity contribution in [2.45, 2.75) is 43.9 Å². The maximum atomic E-state index is 13.5. The van der Waals surface area contributed by atoms with Crippen LogP contribution in [0.15, 0.2) is 36.4 Å². The Kier molecular flexibility index (Phi) is 5.33. The summed E-state index contributed by atoms with van der Waals surface area (Å²) in [6.45, 7) is 0. The number of carbonyl (C=O) groups is 1. The molecule has 1 saturated carbocycles. The summed E-state index contributed by atoms with van der Waals surface area (Å²) in [5.41, 5.74) is -0.885. The largest absolute Gasteiger partial charge is 0.417 e. The number of carbonyl (C=O) groups excluding carboxylic acids is 1. The molecule has 2 fully saturated rings. The predicted octanol–water partition coefficient (Wildman–Crippen LogP) is 6.64. The summed E-state index contributed by atoms with van der Waals surface area (Å²) in [6, 6.07) is 8.86. The Labute approximate surface area is 181 Å². The number of fused-ring (bicyclic) bond motifs is 1. The Bertz CT molecular complexity index is 1030. The summed E-state index contributed by atoms with van der Waals surface area (Å²) in [4.78, 5) is 16.4. The molecule has 2 aliphatic rings. The molecule has 1 saturated heterocycles. The van der Waals surface area contributed by atoms with Gasteiger partial charge < -0.3 is 0 Å². The smallest absolute Gasteiger partial charge is 0.289 e. The number of alkyl halides is 3. The van der Waals surface area contributed by atoms with Crippen molar-refractivity contribution in [3.8, 4) is 6.07 Å². The summed E-state index contributed by atoms with van der Waals surface area (Å²) in [5.74, 6) is 0. The summed E-state index contributed by atoms with van der Waals surface area (Å²) in [5, 5.41) is 9.79. The van der Waals surface area contributed by atoms with Crippen molar-refractivity contribution in [3.63, 3.8) is 0 Å².